The molecular weight excluding hydrogens is 330 g/mol. The van der Waals surface area contributed by atoms with E-state index in [1.54, 1.807) is 0 Å². The number of aromatic nitrogens is 1. The van der Waals surface area contributed by atoms with Gasteiger partial charge in [-0.2, -0.15) is 0 Å². The number of rotatable bonds is 4. The Morgan fingerprint density at radius 3 is 2.56 bits per heavy atom. The summed E-state index contributed by atoms with van der Waals surface area (Å²) < 4.78 is 8.75. The van der Waals surface area contributed by atoms with Crippen LogP contribution in [-0.2, 0) is 4.43 Å². The summed E-state index contributed by atoms with van der Waals surface area (Å²) in [6, 6.07) is 8.10. The molecule has 1 aromatic heterocycles. The van der Waals surface area contributed by atoms with E-state index in [1.165, 1.54) is 0 Å². The number of aromatic carboxylic acids is 1. The molecule has 0 unspecified atom stereocenters. The minimum Gasteiger partial charge on any atom is -0.478 e. The van der Waals surface area contributed by atoms with Gasteiger partial charge in [-0.1, -0.05) is 39.0 Å². The van der Waals surface area contributed by atoms with Gasteiger partial charge in [-0.3, -0.25) is 0 Å². The Morgan fingerprint density at radius 1 is 1.24 bits per heavy atom. The highest BCUT2D eigenvalue weighted by molar-refractivity contribution is 6.74. The number of carbonyl (C=O) groups is 1. The molecule has 4 nitrogen and oxygen atoms in total. The first kappa shape index (κ1) is 18.2. The lowest BCUT2D eigenvalue weighted by molar-refractivity contribution is 0.0698. The van der Waals surface area contributed by atoms with Crippen molar-refractivity contribution in [2.45, 2.75) is 70.3 Å². The molecule has 0 spiro atoms. The van der Waals surface area contributed by atoms with E-state index in [0.29, 0.717) is 11.6 Å². The predicted octanol–water partition coefficient (Wildman–Crippen LogP) is 5.45. The zero-order valence-corrected chi connectivity index (χ0v) is 16.9. The number of benzene rings is 1. The number of fused-ring (bicyclic) bond motifs is 1. The molecule has 25 heavy (non-hydrogen) atoms. The summed E-state index contributed by atoms with van der Waals surface area (Å²) in [4.78, 5) is 11.6. The van der Waals surface area contributed by atoms with E-state index in [4.69, 9.17) is 4.43 Å². The molecule has 0 amide bonds. The smallest absolute Gasteiger partial charge is 0.337 e. The fraction of sp³-hybridized carbons (Fsp3) is 0.550. The minimum atomic E-state index is -1.77. The summed E-state index contributed by atoms with van der Waals surface area (Å²) in [5.74, 6) is -0.859. The fourth-order valence-electron chi connectivity index (χ4n) is 3.55. The van der Waals surface area contributed by atoms with Gasteiger partial charge >= 0.3 is 5.97 Å². The van der Waals surface area contributed by atoms with Gasteiger partial charge in [0.15, 0.2) is 8.32 Å². The van der Waals surface area contributed by atoms with Crippen molar-refractivity contribution >= 4 is 25.2 Å². The Balaban J connectivity index is 1.83. The van der Waals surface area contributed by atoms with Crippen LogP contribution in [0, 0.1) is 0 Å². The second-order valence-corrected chi connectivity index (χ2v) is 13.5. The van der Waals surface area contributed by atoms with Crippen LogP contribution in [0.15, 0.2) is 30.5 Å². The van der Waals surface area contributed by atoms with E-state index in [2.05, 4.69) is 38.4 Å². The number of carboxylic acid groups (broad SMARTS) is 1. The lowest BCUT2D eigenvalue weighted by Gasteiger charge is -2.38. The maximum absolute atomic E-state index is 11.6. The highest BCUT2D eigenvalue weighted by Gasteiger charge is 2.41. The first-order valence-corrected chi connectivity index (χ1v) is 12.0. The second kappa shape index (κ2) is 6.29. The van der Waals surface area contributed by atoms with Gasteiger partial charge in [0.2, 0.25) is 0 Å². The van der Waals surface area contributed by atoms with Crippen LogP contribution in [0.1, 0.15) is 56.4 Å². The molecule has 1 saturated carbocycles. The number of para-hydroxylation sites is 1. The highest BCUT2D eigenvalue weighted by atomic mass is 28.4. The Bertz CT molecular complexity index is 788. The molecule has 3 rings (SSSR count). The molecule has 1 N–H and O–H groups in total. The van der Waals surface area contributed by atoms with Gasteiger partial charge in [0.05, 0.1) is 5.56 Å². The molecule has 0 aliphatic heterocycles. The molecule has 2 atom stereocenters. The van der Waals surface area contributed by atoms with Crippen LogP contribution in [0.2, 0.25) is 18.1 Å². The van der Waals surface area contributed by atoms with Crippen molar-refractivity contribution in [2.24, 2.45) is 0 Å². The quantitative estimate of drug-likeness (QED) is 0.738. The van der Waals surface area contributed by atoms with Crippen LogP contribution < -0.4 is 0 Å². The van der Waals surface area contributed by atoms with Crippen molar-refractivity contribution in [3.63, 3.8) is 0 Å². The number of nitrogens with zero attached hydrogens (tertiary/aromatic N) is 1. The normalized spacial score (nSPS) is 21.8. The average molecular weight is 360 g/mol. The molecule has 0 bridgehead atoms. The topological polar surface area (TPSA) is 51.5 Å². The van der Waals surface area contributed by atoms with E-state index in [1.807, 2.05) is 30.5 Å². The van der Waals surface area contributed by atoms with Gasteiger partial charge in [-0.25, -0.2) is 4.79 Å². The Morgan fingerprint density at radius 2 is 1.92 bits per heavy atom. The van der Waals surface area contributed by atoms with E-state index in [9.17, 15) is 9.90 Å². The first-order chi connectivity index (χ1) is 11.6. The lowest BCUT2D eigenvalue weighted by atomic mass is 10.2. The highest BCUT2D eigenvalue weighted by Crippen LogP contribution is 2.42. The molecular formula is C20H29NO3Si. The van der Waals surface area contributed by atoms with Crippen LogP contribution in [0.5, 0.6) is 0 Å². The van der Waals surface area contributed by atoms with Gasteiger partial charge in [0.1, 0.15) is 0 Å². The van der Waals surface area contributed by atoms with Gasteiger partial charge in [-0.05, 0) is 43.5 Å². The van der Waals surface area contributed by atoms with Crippen molar-refractivity contribution in [3.05, 3.63) is 36.0 Å². The van der Waals surface area contributed by atoms with Crippen molar-refractivity contribution in [1.82, 2.24) is 4.57 Å². The summed E-state index contributed by atoms with van der Waals surface area (Å²) in [7, 11) is -1.77. The van der Waals surface area contributed by atoms with Crippen molar-refractivity contribution in [1.29, 1.82) is 0 Å². The third-order valence-electron chi connectivity index (χ3n) is 5.99. The van der Waals surface area contributed by atoms with Gasteiger partial charge < -0.3 is 14.1 Å². The lowest BCUT2D eigenvalue weighted by Crippen LogP contribution is -2.43. The van der Waals surface area contributed by atoms with Gasteiger partial charge in [0, 0.05) is 29.2 Å². The van der Waals surface area contributed by atoms with Crippen molar-refractivity contribution in [2.75, 3.05) is 0 Å². The van der Waals surface area contributed by atoms with Gasteiger partial charge in [-0.15, -0.1) is 0 Å². The Kier molecular flexibility index (Phi) is 4.58. The average Bonchev–Trinajstić information content (AvgIpc) is 3.09. The van der Waals surface area contributed by atoms with Crippen molar-refractivity contribution < 1.29 is 14.3 Å². The molecule has 1 aliphatic rings. The van der Waals surface area contributed by atoms with Gasteiger partial charge in [0.25, 0.3) is 0 Å². The zero-order chi connectivity index (χ0) is 18.4. The molecule has 1 fully saturated rings. The molecule has 1 aliphatic carbocycles. The zero-order valence-electron chi connectivity index (χ0n) is 15.9. The molecule has 5 heteroatoms. The molecule has 1 aromatic carbocycles. The number of hydrogen-bond acceptors (Lipinski definition) is 2. The standard InChI is InChI=1S/C20H29NO3Si/c1-20(2,3)25(4,5)24-15-11-10-14(12-15)21-13-17(19(22)23)16-8-6-7-9-18(16)21/h6-9,13-15H,10-12H2,1-5H3,(H,22,23)/t14-,15+/m0/s1. The molecule has 1 heterocycles. The summed E-state index contributed by atoms with van der Waals surface area (Å²) in [6.07, 6.45) is 5.14. The maximum atomic E-state index is 11.6. The van der Waals surface area contributed by atoms with E-state index in [0.717, 1.165) is 30.2 Å². The molecule has 136 valence electrons. The van der Waals surface area contributed by atoms with Crippen LogP contribution in [0.3, 0.4) is 0 Å². The van der Waals surface area contributed by atoms with E-state index in [-0.39, 0.29) is 11.1 Å². The summed E-state index contributed by atoms with van der Waals surface area (Å²) >= 11 is 0. The minimum absolute atomic E-state index is 0.210. The van der Waals surface area contributed by atoms with Crippen LogP contribution in [0.25, 0.3) is 10.9 Å². The summed E-state index contributed by atoms with van der Waals surface area (Å²) in [5, 5.41) is 10.5. The largest absolute Gasteiger partial charge is 0.478 e. The number of carboxylic acids is 1. The van der Waals surface area contributed by atoms with Crippen LogP contribution in [-0.4, -0.2) is 30.1 Å². The Hall–Kier alpha value is -1.59. The predicted molar refractivity (Wildman–Crippen MR) is 104 cm³/mol. The second-order valence-electron chi connectivity index (χ2n) is 8.74. The molecule has 2 aromatic rings. The number of hydrogen-bond donors (Lipinski definition) is 1. The SMILES string of the molecule is CC(C)(C)[Si](C)(C)O[C@@H]1CC[C@H](n2cc(C(=O)O)c3ccccc32)C1. The summed E-state index contributed by atoms with van der Waals surface area (Å²) in [5.41, 5.74) is 1.40. The third kappa shape index (κ3) is 3.40. The van der Waals surface area contributed by atoms with Crippen LogP contribution >= 0.6 is 0 Å². The third-order valence-corrected chi connectivity index (χ3v) is 10.5. The van der Waals surface area contributed by atoms with Crippen molar-refractivity contribution in [3.8, 4) is 0 Å². The Labute approximate surface area is 150 Å². The summed E-state index contributed by atoms with van der Waals surface area (Å²) in [6.45, 7) is 11.4. The molecule has 0 saturated heterocycles. The fourth-order valence-corrected chi connectivity index (χ4v) is 4.95. The van der Waals surface area contributed by atoms with Crippen LogP contribution in [0.4, 0.5) is 0 Å². The first-order valence-electron chi connectivity index (χ1n) is 9.11. The monoisotopic (exact) mass is 359 g/mol. The van der Waals surface area contributed by atoms with E-state index >= 15 is 0 Å². The van der Waals surface area contributed by atoms with E-state index < -0.39 is 14.3 Å². The molecule has 0 radical (unpaired) electrons. The maximum Gasteiger partial charge on any atom is 0.337 e.